The average Bonchev–Trinajstić information content (AvgIpc) is 2.73. The first kappa shape index (κ1) is 20.6. The number of piperazine rings is 1. The Balaban J connectivity index is 1.49. The molecule has 1 fully saturated rings. The van der Waals surface area contributed by atoms with E-state index >= 15 is 0 Å². The number of rotatable bonds is 2. The molecule has 2 amide bonds. The zero-order valence-corrected chi connectivity index (χ0v) is 17.7. The molecule has 0 radical (unpaired) electrons. The van der Waals surface area contributed by atoms with Gasteiger partial charge in [-0.25, -0.2) is 4.39 Å². The number of nitrogens with zero attached hydrogens (tertiary/aromatic N) is 3. The van der Waals surface area contributed by atoms with Gasteiger partial charge in [0.25, 0.3) is 11.8 Å². The Morgan fingerprint density at radius 2 is 1.53 bits per heavy atom. The lowest BCUT2D eigenvalue weighted by molar-refractivity contribution is 0.0535. The van der Waals surface area contributed by atoms with E-state index in [1.54, 1.807) is 28.9 Å². The number of hydrogen-bond acceptors (Lipinski definition) is 3. The van der Waals surface area contributed by atoms with Crippen molar-refractivity contribution in [3.63, 3.8) is 0 Å². The Labute approximate surface area is 183 Å². The van der Waals surface area contributed by atoms with E-state index in [1.807, 2.05) is 12.1 Å². The molecule has 0 spiro atoms. The number of fused-ring (bicyclic) bond motifs is 1. The summed E-state index contributed by atoms with van der Waals surface area (Å²) in [5, 5.41) is 1.46. The van der Waals surface area contributed by atoms with Gasteiger partial charge in [0, 0.05) is 36.6 Å². The zero-order chi connectivity index (χ0) is 21.4. The van der Waals surface area contributed by atoms with Crippen molar-refractivity contribution in [2.24, 2.45) is 0 Å². The largest absolute Gasteiger partial charge is 0.335 e. The van der Waals surface area contributed by atoms with E-state index in [0.29, 0.717) is 42.5 Å². The number of carbonyl (C=O) groups is 2. The van der Waals surface area contributed by atoms with Crippen molar-refractivity contribution in [3.05, 3.63) is 75.1 Å². The van der Waals surface area contributed by atoms with Crippen molar-refractivity contribution in [2.75, 3.05) is 26.2 Å². The van der Waals surface area contributed by atoms with E-state index in [4.69, 9.17) is 23.2 Å². The molecule has 154 valence electrons. The average molecular weight is 446 g/mol. The molecule has 0 atom stereocenters. The molecule has 5 nitrogen and oxygen atoms in total. The van der Waals surface area contributed by atoms with Crippen LogP contribution in [0.5, 0.6) is 0 Å². The van der Waals surface area contributed by atoms with Crippen molar-refractivity contribution < 1.29 is 14.0 Å². The summed E-state index contributed by atoms with van der Waals surface area (Å²) < 4.78 is 13.2. The van der Waals surface area contributed by atoms with E-state index in [1.165, 1.54) is 12.1 Å². The number of halogens is 3. The molecule has 8 heteroatoms. The molecule has 30 heavy (non-hydrogen) atoms. The first-order valence-electron chi connectivity index (χ1n) is 9.44. The summed E-state index contributed by atoms with van der Waals surface area (Å²) in [6, 6.07) is 10.9. The second-order valence-corrected chi connectivity index (χ2v) is 8.01. The van der Waals surface area contributed by atoms with Crippen LogP contribution in [0.1, 0.15) is 26.4 Å². The van der Waals surface area contributed by atoms with Crippen LogP contribution in [0, 0.1) is 12.7 Å². The monoisotopic (exact) mass is 445 g/mol. The van der Waals surface area contributed by atoms with Gasteiger partial charge in [-0.1, -0.05) is 23.2 Å². The lowest BCUT2D eigenvalue weighted by atomic mass is 10.1. The molecule has 1 aliphatic rings. The van der Waals surface area contributed by atoms with Crippen LogP contribution in [0.25, 0.3) is 10.9 Å². The van der Waals surface area contributed by atoms with E-state index in [9.17, 15) is 14.0 Å². The maximum absolute atomic E-state index is 13.2. The normalized spacial score (nSPS) is 14.3. The molecule has 1 aliphatic heterocycles. The van der Waals surface area contributed by atoms with Crippen LogP contribution in [0.3, 0.4) is 0 Å². The predicted molar refractivity (Wildman–Crippen MR) is 115 cm³/mol. The van der Waals surface area contributed by atoms with Crippen LogP contribution in [-0.4, -0.2) is 52.8 Å². The van der Waals surface area contributed by atoms with Gasteiger partial charge in [-0.05, 0) is 49.4 Å². The second kappa shape index (κ2) is 8.20. The van der Waals surface area contributed by atoms with Gasteiger partial charge in [0.15, 0.2) is 0 Å². The molecule has 2 heterocycles. The van der Waals surface area contributed by atoms with Gasteiger partial charge in [-0.15, -0.1) is 0 Å². The number of amides is 2. The fraction of sp³-hybridized carbons (Fsp3) is 0.227. The quantitative estimate of drug-likeness (QED) is 0.579. The number of pyridine rings is 1. The van der Waals surface area contributed by atoms with Gasteiger partial charge in [0.1, 0.15) is 5.82 Å². The van der Waals surface area contributed by atoms with Crippen LogP contribution in [-0.2, 0) is 0 Å². The van der Waals surface area contributed by atoms with Crippen molar-refractivity contribution in [1.82, 2.24) is 14.8 Å². The zero-order valence-electron chi connectivity index (χ0n) is 16.2. The van der Waals surface area contributed by atoms with Gasteiger partial charge in [-0.3, -0.25) is 14.6 Å². The van der Waals surface area contributed by atoms with Crippen LogP contribution in [0.4, 0.5) is 4.39 Å². The fourth-order valence-corrected chi connectivity index (χ4v) is 4.00. The standard InChI is InChI=1S/C22H18Cl2FN3O2/c1-13-18(11-14-10-15(23)2-5-20(14)26-13)22(30)28-8-6-27(7-9-28)21(29)17-4-3-16(25)12-19(17)24/h2-5,10-12H,6-9H2,1H3. The minimum Gasteiger partial charge on any atom is -0.335 e. The number of benzene rings is 2. The molecule has 0 bridgehead atoms. The highest BCUT2D eigenvalue weighted by atomic mass is 35.5. The fourth-order valence-electron chi connectivity index (χ4n) is 3.58. The molecule has 0 N–H and O–H groups in total. The van der Waals surface area contributed by atoms with Gasteiger partial charge in [0.2, 0.25) is 0 Å². The van der Waals surface area contributed by atoms with E-state index in [2.05, 4.69) is 4.98 Å². The Morgan fingerprint density at radius 3 is 2.17 bits per heavy atom. The van der Waals surface area contributed by atoms with Gasteiger partial charge in [0.05, 0.1) is 27.4 Å². The number of aromatic nitrogens is 1. The molecular weight excluding hydrogens is 428 g/mol. The highest BCUT2D eigenvalue weighted by Crippen LogP contribution is 2.23. The molecular formula is C22H18Cl2FN3O2. The van der Waals surface area contributed by atoms with Crippen molar-refractivity contribution in [2.45, 2.75) is 6.92 Å². The predicted octanol–water partition coefficient (Wildman–Crippen LogP) is 4.59. The van der Waals surface area contributed by atoms with Crippen LogP contribution >= 0.6 is 23.2 Å². The van der Waals surface area contributed by atoms with E-state index < -0.39 is 5.82 Å². The highest BCUT2D eigenvalue weighted by Gasteiger charge is 2.27. The third kappa shape index (κ3) is 3.98. The summed E-state index contributed by atoms with van der Waals surface area (Å²) in [6.45, 7) is 3.30. The number of aryl methyl sites for hydroxylation is 1. The van der Waals surface area contributed by atoms with Gasteiger partial charge < -0.3 is 9.80 Å². The summed E-state index contributed by atoms with van der Waals surface area (Å²) in [4.78, 5) is 33.6. The van der Waals surface area contributed by atoms with Crippen molar-refractivity contribution in [1.29, 1.82) is 0 Å². The summed E-state index contributed by atoms with van der Waals surface area (Å²) in [7, 11) is 0. The van der Waals surface area contributed by atoms with Crippen molar-refractivity contribution in [3.8, 4) is 0 Å². The third-order valence-corrected chi connectivity index (χ3v) is 5.76. The lowest BCUT2D eigenvalue weighted by Gasteiger charge is -2.35. The summed E-state index contributed by atoms with van der Waals surface area (Å²) >= 11 is 12.1. The van der Waals surface area contributed by atoms with Crippen molar-refractivity contribution >= 4 is 45.9 Å². The van der Waals surface area contributed by atoms with Crippen LogP contribution < -0.4 is 0 Å². The summed E-state index contributed by atoms with van der Waals surface area (Å²) in [5.41, 5.74) is 2.20. The minimum atomic E-state index is -0.493. The highest BCUT2D eigenvalue weighted by molar-refractivity contribution is 6.33. The maximum atomic E-state index is 13.2. The van der Waals surface area contributed by atoms with Gasteiger partial charge in [-0.2, -0.15) is 0 Å². The van der Waals surface area contributed by atoms with Crippen LogP contribution in [0.15, 0.2) is 42.5 Å². The smallest absolute Gasteiger partial charge is 0.255 e. The molecule has 4 rings (SSSR count). The number of carbonyl (C=O) groups excluding carboxylic acids is 2. The molecule has 1 saturated heterocycles. The minimum absolute atomic E-state index is 0.0787. The second-order valence-electron chi connectivity index (χ2n) is 7.17. The number of hydrogen-bond donors (Lipinski definition) is 0. The first-order valence-corrected chi connectivity index (χ1v) is 10.2. The Hall–Kier alpha value is -2.70. The third-order valence-electron chi connectivity index (χ3n) is 5.21. The Morgan fingerprint density at radius 1 is 0.900 bits per heavy atom. The lowest BCUT2D eigenvalue weighted by Crippen LogP contribution is -2.50. The molecule has 0 saturated carbocycles. The topological polar surface area (TPSA) is 53.5 Å². The molecule has 2 aromatic carbocycles. The van der Waals surface area contributed by atoms with E-state index in [0.717, 1.165) is 17.0 Å². The first-order chi connectivity index (χ1) is 14.3. The van der Waals surface area contributed by atoms with Crippen LogP contribution in [0.2, 0.25) is 10.0 Å². The molecule has 0 unspecified atom stereocenters. The molecule has 1 aromatic heterocycles. The maximum Gasteiger partial charge on any atom is 0.255 e. The van der Waals surface area contributed by atoms with E-state index in [-0.39, 0.29) is 22.4 Å². The molecule has 0 aliphatic carbocycles. The Kier molecular flexibility index (Phi) is 5.62. The Bertz CT molecular complexity index is 1160. The van der Waals surface area contributed by atoms with Gasteiger partial charge >= 0.3 is 0 Å². The SMILES string of the molecule is Cc1nc2ccc(Cl)cc2cc1C(=O)N1CCN(C(=O)c2ccc(F)cc2Cl)CC1. The summed E-state index contributed by atoms with van der Waals surface area (Å²) in [6.07, 6.45) is 0. The molecule has 3 aromatic rings. The summed E-state index contributed by atoms with van der Waals surface area (Å²) in [5.74, 6) is -0.897.